The van der Waals surface area contributed by atoms with Gasteiger partial charge in [0.15, 0.2) is 0 Å². The molecule has 2 fully saturated rings. The van der Waals surface area contributed by atoms with Gasteiger partial charge in [-0.3, -0.25) is 0 Å². The zero-order valence-electron chi connectivity index (χ0n) is 12.8. The quantitative estimate of drug-likeness (QED) is 0.839. The molecule has 2 unspecified atom stereocenters. The Labute approximate surface area is 123 Å². The topological polar surface area (TPSA) is 52.7 Å². The summed E-state index contributed by atoms with van der Waals surface area (Å²) in [6.07, 6.45) is 7.19. The Kier molecular flexibility index (Phi) is 5.84. The fourth-order valence-corrected chi connectivity index (χ4v) is 5.71. The molecular formula is C14H29N3O2S. The van der Waals surface area contributed by atoms with Gasteiger partial charge >= 0.3 is 0 Å². The fraction of sp³-hybridized carbons (Fsp3) is 1.00. The van der Waals surface area contributed by atoms with E-state index in [0.717, 1.165) is 51.5 Å². The maximum Gasteiger partial charge on any atom is 0.282 e. The second kappa shape index (κ2) is 7.20. The van der Waals surface area contributed by atoms with E-state index < -0.39 is 10.2 Å². The predicted octanol–water partition coefficient (Wildman–Crippen LogP) is 1.57. The molecule has 118 valence electrons. The summed E-state index contributed by atoms with van der Waals surface area (Å²) < 4.78 is 29.6. The molecule has 1 N–H and O–H groups in total. The molecule has 2 saturated heterocycles. The molecule has 0 radical (unpaired) electrons. The number of piperidine rings is 2. The number of nitrogens with one attached hydrogen (secondary N) is 1. The molecule has 2 heterocycles. The molecule has 0 aromatic rings. The van der Waals surface area contributed by atoms with Gasteiger partial charge in [-0.1, -0.05) is 19.8 Å². The summed E-state index contributed by atoms with van der Waals surface area (Å²) in [5.41, 5.74) is 0. The van der Waals surface area contributed by atoms with Crippen LogP contribution in [0, 0.1) is 0 Å². The van der Waals surface area contributed by atoms with Gasteiger partial charge in [-0.25, -0.2) is 0 Å². The number of rotatable bonds is 5. The van der Waals surface area contributed by atoms with E-state index in [2.05, 4.69) is 12.2 Å². The summed E-state index contributed by atoms with van der Waals surface area (Å²) in [7, 11) is -1.39. The third-order valence-electron chi connectivity index (χ3n) is 4.65. The Morgan fingerprint density at radius 2 is 1.55 bits per heavy atom. The molecule has 2 atom stereocenters. The van der Waals surface area contributed by atoms with Crippen LogP contribution in [0.3, 0.4) is 0 Å². The molecule has 0 spiro atoms. The SMILES string of the molecule is CCC1CCCCN1S(=O)(=O)N1CCCCC1CNC. The number of hydrogen-bond acceptors (Lipinski definition) is 3. The van der Waals surface area contributed by atoms with Crippen LogP contribution in [0.2, 0.25) is 0 Å². The smallest absolute Gasteiger partial charge is 0.282 e. The summed E-state index contributed by atoms with van der Waals surface area (Å²) in [4.78, 5) is 0. The van der Waals surface area contributed by atoms with E-state index in [1.165, 1.54) is 0 Å². The van der Waals surface area contributed by atoms with Gasteiger partial charge < -0.3 is 5.32 Å². The van der Waals surface area contributed by atoms with Gasteiger partial charge in [-0.05, 0) is 39.2 Å². The lowest BCUT2D eigenvalue weighted by atomic mass is 10.0. The highest BCUT2D eigenvalue weighted by Crippen LogP contribution is 2.28. The molecule has 0 aliphatic carbocycles. The monoisotopic (exact) mass is 303 g/mol. The van der Waals surface area contributed by atoms with Gasteiger partial charge in [0, 0.05) is 31.7 Å². The van der Waals surface area contributed by atoms with Crippen molar-refractivity contribution < 1.29 is 8.42 Å². The van der Waals surface area contributed by atoms with Crippen molar-refractivity contribution in [3.8, 4) is 0 Å². The van der Waals surface area contributed by atoms with Crippen LogP contribution in [0.5, 0.6) is 0 Å². The van der Waals surface area contributed by atoms with Crippen molar-refractivity contribution in [3.63, 3.8) is 0 Å². The van der Waals surface area contributed by atoms with E-state index in [1.807, 2.05) is 7.05 Å². The Morgan fingerprint density at radius 3 is 2.10 bits per heavy atom. The van der Waals surface area contributed by atoms with Crippen molar-refractivity contribution in [3.05, 3.63) is 0 Å². The van der Waals surface area contributed by atoms with Crippen LogP contribution in [-0.2, 0) is 10.2 Å². The lowest BCUT2D eigenvalue weighted by molar-refractivity contribution is 0.192. The molecule has 0 saturated carbocycles. The van der Waals surface area contributed by atoms with Crippen LogP contribution in [0.4, 0.5) is 0 Å². The van der Waals surface area contributed by atoms with Gasteiger partial charge in [0.05, 0.1) is 0 Å². The molecule has 2 aliphatic heterocycles. The Hall–Kier alpha value is -0.170. The van der Waals surface area contributed by atoms with Crippen LogP contribution < -0.4 is 5.32 Å². The molecule has 2 rings (SSSR count). The summed E-state index contributed by atoms with van der Waals surface area (Å²) in [6, 6.07) is 0.323. The van der Waals surface area contributed by atoms with Crippen LogP contribution in [0.1, 0.15) is 51.9 Å². The molecule has 0 bridgehead atoms. The molecular weight excluding hydrogens is 274 g/mol. The second-order valence-electron chi connectivity index (χ2n) is 5.99. The first kappa shape index (κ1) is 16.2. The standard InChI is InChI=1S/C14H29N3O2S/c1-3-13-8-4-6-10-16(13)20(18,19)17-11-7-5-9-14(17)12-15-2/h13-15H,3-12H2,1-2H3. The normalized spacial score (nSPS) is 30.5. The van der Waals surface area contributed by atoms with E-state index >= 15 is 0 Å². The molecule has 0 aromatic heterocycles. The van der Waals surface area contributed by atoms with Crippen molar-refractivity contribution in [2.24, 2.45) is 0 Å². The summed E-state index contributed by atoms with van der Waals surface area (Å²) >= 11 is 0. The summed E-state index contributed by atoms with van der Waals surface area (Å²) in [5, 5.41) is 3.14. The zero-order valence-corrected chi connectivity index (χ0v) is 13.7. The predicted molar refractivity (Wildman–Crippen MR) is 81.8 cm³/mol. The molecule has 6 heteroatoms. The Balaban J connectivity index is 2.18. The second-order valence-corrected chi connectivity index (χ2v) is 7.83. The molecule has 0 aromatic carbocycles. The third kappa shape index (κ3) is 3.35. The van der Waals surface area contributed by atoms with E-state index in [9.17, 15) is 8.42 Å². The number of nitrogens with zero attached hydrogens (tertiary/aromatic N) is 2. The first-order chi connectivity index (χ1) is 9.61. The minimum absolute atomic E-state index is 0.123. The van der Waals surface area contributed by atoms with E-state index in [4.69, 9.17) is 0 Å². The summed E-state index contributed by atoms with van der Waals surface area (Å²) in [5.74, 6) is 0. The van der Waals surface area contributed by atoms with Crippen LogP contribution in [0.25, 0.3) is 0 Å². The van der Waals surface area contributed by atoms with Crippen molar-refractivity contribution in [2.75, 3.05) is 26.7 Å². The van der Waals surface area contributed by atoms with E-state index in [0.29, 0.717) is 13.1 Å². The van der Waals surface area contributed by atoms with Gasteiger partial charge in [0.2, 0.25) is 0 Å². The minimum Gasteiger partial charge on any atom is -0.318 e. The van der Waals surface area contributed by atoms with Gasteiger partial charge in [-0.15, -0.1) is 0 Å². The van der Waals surface area contributed by atoms with Crippen LogP contribution >= 0.6 is 0 Å². The highest BCUT2D eigenvalue weighted by molar-refractivity contribution is 7.86. The van der Waals surface area contributed by atoms with Gasteiger partial charge in [0.25, 0.3) is 10.2 Å². The lowest BCUT2D eigenvalue weighted by Crippen LogP contribution is -2.56. The first-order valence-electron chi connectivity index (χ1n) is 8.04. The average molecular weight is 303 g/mol. The maximum atomic E-state index is 13.0. The van der Waals surface area contributed by atoms with Gasteiger partial charge in [-0.2, -0.15) is 17.0 Å². The number of hydrogen-bond donors (Lipinski definition) is 1. The highest BCUT2D eigenvalue weighted by Gasteiger charge is 2.39. The molecule has 5 nitrogen and oxygen atoms in total. The van der Waals surface area contributed by atoms with E-state index in [-0.39, 0.29) is 12.1 Å². The summed E-state index contributed by atoms with van der Waals surface area (Å²) in [6.45, 7) is 4.23. The zero-order chi connectivity index (χ0) is 14.6. The Morgan fingerprint density at radius 1 is 1.00 bits per heavy atom. The first-order valence-corrected chi connectivity index (χ1v) is 9.44. The maximum absolute atomic E-state index is 13.0. The minimum atomic E-state index is -3.29. The fourth-order valence-electron chi connectivity index (χ4n) is 3.54. The molecule has 20 heavy (non-hydrogen) atoms. The van der Waals surface area contributed by atoms with Gasteiger partial charge in [0.1, 0.15) is 0 Å². The number of likely N-dealkylation sites (N-methyl/N-ethyl adjacent to an activating group) is 1. The van der Waals surface area contributed by atoms with E-state index in [1.54, 1.807) is 8.61 Å². The highest BCUT2D eigenvalue weighted by atomic mass is 32.2. The molecule has 0 amide bonds. The Bertz CT molecular complexity index is 397. The largest absolute Gasteiger partial charge is 0.318 e. The van der Waals surface area contributed by atoms with Crippen LogP contribution in [0.15, 0.2) is 0 Å². The molecule has 2 aliphatic rings. The van der Waals surface area contributed by atoms with Crippen molar-refractivity contribution in [2.45, 2.75) is 64.0 Å². The lowest BCUT2D eigenvalue weighted by Gasteiger charge is -2.42. The third-order valence-corrected chi connectivity index (χ3v) is 6.80. The van der Waals surface area contributed by atoms with Crippen molar-refractivity contribution in [1.29, 1.82) is 0 Å². The van der Waals surface area contributed by atoms with Crippen molar-refractivity contribution in [1.82, 2.24) is 13.9 Å². The van der Waals surface area contributed by atoms with Crippen molar-refractivity contribution >= 4 is 10.2 Å². The average Bonchev–Trinajstić information content (AvgIpc) is 2.48. The van der Waals surface area contributed by atoms with Crippen LogP contribution in [-0.4, -0.2) is 55.8 Å².